The molecule has 0 spiro atoms. The van der Waals surface area contributed by atoms with Crippen molar-refractivity contribution in [2.24, 2.45) is 0 Å². The molecule has 0 saturated heterocycles. The van der Waals surface area contributed by atoms with Gasteiger partial charge in [0.2, 0.25) is 21.8 Å². The fourth-order valence-electron chi connectivity index (χ4n) is 4.28. The quantitative estimate of drug-likeness (QED) is 0.259. The number of halogens is 1. The topological polar surface area (TPSA) is 96.0 Å². The summed E-state index contributed by atoms with van der Waals surface area (Å²) in [5, 5.41) is 2.98. The molecule has 0 fully saturated rings. The second-order valence-electron chi connectivity index (χ2n) is 9.44. The van der Waals surface area contributed by atoms with Crippen LogP contribution >= 0.6 is 15.9 Å². The first-order chi connectivity index (χ1) is 19.1. The Labute approximate surface area is 245 Å². The highest BCUT2D eigenvalue weighted by Crippen LogP contribution is 2.30. The van der Waals surface area contributed by atoms with Crippen LogP contribution in [0.15, 0.2) is 83.3 Å². The predicted octanol–water partition coefficient (Wildman–Crippen LogP) is 4.78. The van der Waals surface area contributed by atoms with Gasteiger partial charge in [0.15, 0.2) is 0 Å². The molecule has 3 aromatic carbocycles. The smallest absolute Gasteiger partial charge is 0.244 e. The van der Waals surface area contributed by atoms with Crippen LogP contribution in [0, 0.1) is 0 Å². The molecule has 0 aromatic heterocycles. The van der Waals surface area contributed by atoms with E-state index >= 15 is 0 Å². The zero-order valence-corrected chi connectivity index (χ0v) is 25.4. The van der Waals surface area contributed by atoms with Gasteiger partial charge in [-0.2, -0.15) is 0 Å². The number of nitrogens with one attached hydrogen (secondary N) is 1. The lowest BCUT2D eigenvalue weighted by Crippen LogP contribution is -2.53. The fourth-order valence-corrected chi connectivity index (χ4v) is 5.39. The van der Waals surface area contributed by atoms with Crippen LogP contribution in [0.2, 0.25) is 0 Å². The second kappa shape index (κ2) is 14.9. The molecular formula is C30H36BrN3O5S. The van der Waals surface area contributed by atoms with Gasteiger partial charge in [0.1, 0.15) is 18.3 Å². The van der Waals surface area contributed by atoms with Crippen molar-refractivity contribution >= 4 is 43.5 Å². The maximum Gasteiger partial charge on any atom is 0.244 e. The molecule has 1 atom stereocenters. The van der Waals surface area contributed by atoms with Crippen LogP contribution in [0.25, 0.3) is 0 Å². The zero-order valence-electron chi connectivity index (χ0n) is 23.0. The van der Waals surface area contributed by atoms with Crippen molar-refractivity contribution in [3.8, 4) is 5.75 Å². The van der Waals surface area contributed by atoms with Gasteiger partial charge in [0.25, 0.3) is 0 Å². The van der Waals surface area contributed by atoms with E-state index in [0.717, 1.165) is 39.0 Å². The Balaban J connectivity index is 2.05. The average molecular weight is 631 g/mol. The van der Waals surface area contributed by atoms with Gasteiger partial charge in [-0.15, -0.1) is 0 Å². The van der Waals surface area contributed by atoms with Gasteiger partial charge in [0.05, 0.1) is 19.1 Å². The molecule has 8 nitrogen and oxygen atoms in total. The van der Waals surface area contributed by atoms with Gasteiger partial charge in [0, 0.05) is 24.0 Å². The first-order valence-electron chi connectivity index (χ1n) is 13.1. The van der Waals surface area contributed by atoms with Crippen molar-refractivity contribution in [2.45, 2.75) is 38.8 Å². The van der Waals surface area contributed by atoms with Crippen molar-refractivity contribution in [2.75, 3.05) is 30.8 Å². The summed E-state index contributed by atoms with van der Waals surface area (Å²) in [4.78, 5) is 29.2. The van der Waals surface area contributed by atoms with Crippen molar-refractivity contribution in [1.29, 1.82) is 0 Å². The number of ether oxygens (including phenoxy) is 1. The minimum Gasteiger partial charge on any atom is -0.495 e. The lowest BCUT2D eigenvalue weighted by Gasteiger charge is -2.33. The van der Waals surface area contributed by atoms with Gasteiger partial charge in [-0.25, -0.2) is 8.42 Å². The molecule has 0 aliphatic rings. The summed E-state index contributed by atoms with van der Waals surface area (Å²) in [5.41, 5.74) is 1.94. The molecular weight excluding hydrogens is 594 g/mol. The molecule has 0 aliphatic heterocycles. The third-order valence-corrected chi connectivity index (χ3v) is 8.06. The first kappa shape index (κ1) is 31.2. The molecule has 0 saturated carbocycles. The Hall–Kier alpha value is -3.37. The van der Waals surface area contributed by atoms with E-state index in [2.05, 4.69) is 21.2 Å². The van der Waals surface area contributed by atoms with Crippen molar-refractivity contribution in [3.05, 3.63) is 94.5 Å². The number of hydrogen-bond acceptors (Lipinski definition) is 5. The largest absolute Gasteiger partial charge is 0.495 e. The number of rotatable bonds is 14. The van der Waals surface area contributed by atoms with Crippen molar-refractivity contribution in [3.63, 3.8) is 0 Å². The monoisotopic (exact) mass is 629 g/mol. The lowest BCUT2D eigenvalue weighted by atomic mass is 10.0. The van der Waals surface area contributed by atoms with Crippen LogP contribution in [-0.4, -0.2) is 57.6 Å². The number of carbonyl (C=O) groups excluding carboxylic acids is 2. The average Bonchev–Trinajstić information content (AvgIpc) is 2.94. The summed E-state index contributed by atoms with van der Waals surface area (Å²) in [6.07, 6.45) is 3.03. The summed E-state index contributed by atoms with van der Waals surface area (Å²) in [5.74, 6) is -0.477. The third kappa shape index (κ3) is 8.82. The molecule has 2 amide bonds. The Morgan fingerprint density at radius 3 is 2.23 bits per heavy atom. The Kier molecular flexibility index (Phi) is 11.6. The molecule has 10 heteroatoms. The number of sulfonamides is 1. The third-order valence-electron chi connectivity index (χ3n) is 6.40. The SMILES string of the molecule is CCCCNC(=O)[C@@H](Cc1ccccc1)N(Cc1ccc(Br)cc1)C(=O)CN(c1ccccc1OC)S(C)(=O)=O. The number of anilines is 1. The van der Waals surface area contributed by atoms with Crippen LogP contribution in [0.3, 0.4) is 0 Å². The van der Waals surface area contributed by atoms with Crippen molar-refractivity contribution < 1.29 is 22.7 Å². The van der Waals surface area contributed by atoms with Crippen LogP contribution in [0.5, 0.6) is 5.75 Å². The molecule has 0 bridgehead atoms. The minimum atomic E-state index is -3.88. The summed E-state index contributed by atoms with van der Waals surface area (Å²) in [6.45, 7) is 2.14. The highest BCUT2D eigenvalue weighted by atomic mass is 79.9. The van der Waals surface area contributed by atoms with E-state index in [0.29, 0.717) is 12.3 Å². The Morgan fingerprint density at radius 2 is 1.60 bits per heavy atom. The van der Waals surface area contributed by atoms with E-state index in [1.807, 2.05) is 61.5 Å². The second-order valence-corrected chi connectivity index (χ2v) is 12.3. The normalized spacial score (nSPS) is 11.9. The van der Waals surface area contributed by atoms with Gasteiger partial charge in [-0.3, -0.25) is 13.9 Å². The van der Waals surface area contributed by atoms with Crippen LogP contribution in [0.4, 0.5) is 5.69 Å². The van der Waals surface area contributed by atoms with Crippen LogP contribution in [0.1, 0.15) is 30.9 Å². The highest BCUT2D eigenvalue weighted by molar-refractivity contribution is 9.10. The van der Waals surface area contributed by atoms with E-state index in [4.69, 9.17) is 4.74 Å². The standard InChI is InChI=1S/C30H36BrN3O5S/c1-4-5-19-32-30(36)27(20-23-11-7-6-8-12-23)33(21-24-15-17-25(31)18-16-24)29(35)22-34(40(3,37)38)26-13-9-10-14-28(26)39-2/h6-18,27H,4-5,19-22H2,1-3H3,(H,32,36)/t27-/m1/s1. The summed E-state index contributed by atoms with van der Waals surface area (Å²) >= 11 is 3.44. The van der Waals surface area contributed by atoms with E-state index in [9.17, 15) is 18.0 Å². The first-order valence-corrected chi connectivity index (χ1v) is 15.7. The van der Waals surface area contributed by atoms with Crippen LogP contribution in [-0.2, 0) is 32.6 Å². The predicted molar refractivity (Wildman–Crippen MR) is 162 cm³/mol. The maximum atomic E-state index is 14.1. The molecule has 0 aliphatic carbocycles. The van der Waals surface area contributed by atoms with Gasteiger partial charge >= 0.3 is 0 Å². The van der Waals surface area contributed by atoms with Gasteiger partial charge < -0.3 is 15.0 Å². The zero-order chi connectivity index (χ0) is 29.1. The maximum absolute atomic E-state index is 14.1. The summed E-state index contributed by atoms with van der Waals surface area (Å²) in [6, 6.07) is 22.7. The van der Waals surface area contributed by atoms with Crippen molar-refractivity contribution in [1.82, 2.24) is 10.2 Å². The summed E-state index contributed by atoms with van der Waals surface area (Å²) in [7, 11) is -2.44. The minimum absolute atomic E-state index is 0.119. The van der Waals surface area contributed by atoms with E-state index in [1.54, 1.807) is 24.3 Å². The van der Waals surface area contributed by atoms with E-state index in [1.165, 1.54) is 12.0 Å². The number of hydrogen-bond donors (Lipinski definition) is 1. The molecule has 3 rings (SSSR count). The number of benzene rings is 3. The van der Waals surface area contributed by atoms with Crippen LogP contribution < -0.4 is 14.4 Å². The lowest BCUT2D eigenvalue weighted by molar-refractivity contribution is -0.140. The fraction of sp³-hybridized carbons (Fsp3) is 0.333. The number of carbonyl (C=O) groups is 2. The molecule has 0 radical (unpaired) electrons. The summed E-state index contributed by atoms with van der Waals surface area (Å²) < 4.78 is 33.2. The van der Waals surface area contributed by atoms with Gasteiger partial charge in [-0.1, -0.05) is 83.9 Å². The molecule has 40 heavy (non-hydrogen) atoms. The Bertz CT molecular complexity index is 1370. The highest BCUT2D eigenvalue weighted by Gasteiger charge is 2.33. The molecule has 214 valence electrons. The Morgan fingerprint density at radius 1 is 0.950 bits per heavy atom. The van der Waals surface area contributed by atoms with E-state index in [-0.39, 0.29) is 24.6 Å². The van der Waals surface area contributed by atoms with E-state index < -0.39 is 28.5 Å². The molecule has 0 unspecified atom stereocenters. The van der Waals surface area contributed by atoms with Gasteiger partial charge in [-0.05, 0) is 41.8 Å². The number of nitrogens with zero attached hydrogens (tertiary/aromatic N) is 2. The number of methoxy groups -OCH3 is 1. The number of amides is 2. The number of para-hydroxylation sites is 2. The number of unbranched alkanes of at least 4 members (excludes halogenated alkanes) is 1. The molecule has 1 N–H and O–H groups in total. The molecule has 0 heterocycles. The molecule has 3 aromatic rings.